The summed E-state index contributed by atoms with van der Waals surface area (Å²) < 4.78 is 5.58. The molecule has 1 aliphatic rings. The topological polar surface area (TPSA) is 76.1 Å². The van der Waals surface area contributed by atoms with Crippen molar-refractivity contribution in [3.63, 3.8) is 0 Å². The van der Waals surface area contributed by atoms with E-state index in [1.54, 1.807) is 0 Å². The molecule has 176 valence electrons. The van der Waals surface area contributed by atoms with Crippen LogP contribution < -0.4 is 0 Å². The number of ether oxygens (including phenoxy) is 1. The summed E-state index contributed by atoms with van der Waals surface area (Å²) in [5, 5.41) is 10.8. The third kappa shape index (κ3) is 10.3. The Balaban J connectivity index is 2.35. The third-order valence-electron chi connectivity index (χ3n) is 5.86. The molecule has 0 saturated carbocycles. The Labute approximate surface area is 183 Å². The number of hydrogen-bond acceptors (Lipinski definition) is 5. The average molecular weight is 428 g/mol. The highest BCUT2D eigenvalue weighted by Gasteiger charge is 2.47. The molecule has 1 heterocycles. The first-order valence-electron chi connectivity index (χ1n) is 11.9. The number of carboxylic acids is 1. The lowest BCUT2D eigenvalue weighted by Crippen LogP contribution is -2.62. The van der Waals surface area contributed by atoms with Crippen molar-refractivity contribution >= 4 is 11.9 Å². The van der Waals surface area contributed by atoms with E-state index in [4.69, 9.17) is 14.7 Å². The minimum atomic E-state index is -0.979. The Morgan fingerprint density at radius 1 is 0.867 bits per heavy atom. The number of unbranched alkanes of at least 4 members (excludes halogenated alkanes) is 8. The minimum Gasteiger partial charge on any atom is -0.481 e. The predicted molar refractivity (Wildman–Crippen MR) is 119 cm³/mol. The van der Waals surface area contributed by atoms with E-state index in [1.807, 2.05) is 0 Å². The summed E-state index contributed by atoms with van der Waals surface area (Å²) in [4.78, 5) is 28.8. The monoisotopic (exact) mass is 427 g/mol. The van der Waals surface area contributed by atoms with E-state index in [0.717, 1.165) is 6.42 Å². The van der Waals surface area contributed by atoms with Crippen LogP contribution in [0.3, 0.4) is 0 Å². The van der Waals surface area contributed by atoms with Crippen molar-refractivity contribution in [3.8, 4) is 0 Å². The summed E-state index contributed by atoms with van der Waals surface area (Å²) in [5.41, 5.74) is -0.530. The van der Waals surface area contributed by atoms with Crippen molar-refractivity contribution in [1.82, 2.24) is 5.06 Å². The number of carbonyl (C=O) groups excluding carboxylic acids is 1. The zero-order chi connectivity index (χ0) is 22.6. The lowest BCUT2D eigenvalue weighted by Gasteiger charge is -2.53. The number of carboxylic acid groups (broad SMARTS) is 1. The standard InChI is InChI=1S/C24H45NO5/c1-6-7-8-9-10-11-12-13-14-17-29-25-23(2,3)18-20(19-24(25,4)5)30-22(28)16-15-21(26)27/h20H,6-19H2,1-5H3,(H,26,27). The lowest BCUT2D eigenvalue weighted by molar-refractivity contribution is -0.293. The molecule has 1 N–H and O–H groups in total. The van der Waals surface area contributed by atoms with Crippen LogP contribution in [-0.2, 0) is 19.2 Å². The van der Waals surface area contributed by atoms with E-state index in [1.165, 1.54) is 51.4 Å². The highest BCUT2D eigenvalue weighted by atomic mass is 16.7. The Morgan fingerprint density at radius 3 is 1.87 bits per heavy atom. The maximum Gasteiger partial charge on any atom is 0.306 e. The summed E-state index contributed by atoms with van der Waals surface area (Å²) in [6.07, 6.45) is 12.5. The number of carbonyl (C=O) groups is 2. The van der Waals surface area contributed by atoms with Crippen LogP contribution in [0.5, 0.6) is 0 Å². The van der Waals surface area contributed by atoms with Crippen molar-refractivity contribution < 1.29 is 24.3 Å². The van der Waals surface area contributed by atoms with Crippen LogP contribution in [0.15, 0.2) is 0 Å². The van der Waals surface area contributed by atoms with Crippen LogP contribution in [0.2, 0.25) is 0 Å². The summed E-state index contributed by atoms with van der Waals surface area (Å²) in [6.45, 7) is 11.4. The highest BCUT2D eigenvalue weighted by molar-refractivity contribution is 5.76. The summed E-state index contributed by atoms with van der Waals surface area (Å²) in [7, 11) is 0. The molecule has 0 aromatic rings. The number of rotatable bonds is 15. The van der Waals surface area contributed by atoms with E-state index in [2.05, 4.69) is 39.7 Å². The Hall–Kier alpha value is -1.14. The SMILES string of the molecule is CCCCCCCCCCCON1C(C)(C)CC(OC(=O)CCC(=O)O)CC1(C)C. The lowest BCUT2D eigenvalue weighted by atomic mass is 9.80. The molecule has 0 bridgehead atoms. The number of hydroxylamine groups is 2. The zero-order valence-electron chi connectivity index (χ0n) is 20.0. The Morgan fingerprint density at radius 2 is 1.37 bits per heavy atom. The van der Waals surface area contributed by atoms with Crippen molar-refractivity contribution in [2.45, 2.75) is 135 Å². The normalized spacial score (nSPS) is 19.0. The van der Waals surface area contributed by atoms with Crippen molar-refractivity contribution in [1.29, 1.82) is 0 Å². The first-order chi connectivity index (χ1) is 14.1. The van der Waals surface area contributed by atoms with Crippen LogP contribution in [0.25, 0.3) is 0 Å². The first kappa shape index (κ1) is 26.9. The Kier molecular flexibility index (Phi) is 11.9. The van der Waals surface area contributed by atoms with Gasteiger partial charge in [-0.1, -0.05) is 58.3 Å². The van der Waals surface area contributed by atoms with Gasteiger partial charge < -0.3 is 9.84 Å². The molecule has 30 heavy (non-hydrogen) atoms. The fourth-order valence-electron chi connectivity index (χ4n) is 4.63. The number of aliphatic carboxylic acids is 1. The fourth-order valence-corrected chi connectivity index (χ4v) is 4.63. The third-order valence-corrected chi connectivity index (χ3v) is 5.86. The molecule has 1 fully saturated rings. The van der Waals surface area contributed by atoms with Crippen LogP contribution in [0.1, 0.15) is 118 Å². The number of nitrogens with zero attached hydrogens (tertiary/aromatic N) is 1. The molecule has 0 amide bonds. The zero-order valence-corrected chi connectivity index (χ0v) is 20.0. The van der Waals surface area contributed by atoms with Crippen molar-refractivity contribution in [2.75, 3.05) is 6.61 Å². The van der Waals surface area contributed by atoms with Gasteiger partial charge in [0, 0.05) is 23.9 Å². The summed E-state index contributed by atoms with van der Waals surface area (Å²) in [5.74, 6) is -1.41. The maximum atomic E-state index is 12.0. The number of piperidine rings is 1. The molecule has 0 unspecified atom stereocenters. The van der Waals surface area contributed by atoms with Gasteiger partial charge in [0.25, 0.3) is 0 Å². The molecular weight excluding hydrogens is 382 g/mol. The summed E-state index contributed by atoms with van der Waals surface area (Å²) >= 11 is 0. The molecule has 0 spiro atoms. The fraction of sp³-hybridized carbons (Fsp3) is 0.917. The van der Waals surface area contributed by atoms with Crippen molar-refractivity contribution in [3.05, 3.63) is 0 Å². The quantitative estimate of drug-likeness (QED) is 0.260. The molecule has 1 aliphatic heterocycles. The van der Waals surface area contributed by atoms with E-state index in [9.17, 15) is 9.59 Å². The van der Waals surface area contributed by atoms with E-state index in [0.29, 0.717) is 19.4 Å². The largest absolute Gasteiger partial charge is 0.481 e. The molecule has 6 heteroatoms. The van der Waals surface area contributed by atoms with Gasteiger partial charge in [0.1, 0.15) is 6.10 Å². The second kappa shape index (κ2) is 13.3. The smallest absolute Gasteiger partial charge is 0.306 e. The van der Waals surface area contributed by atoms with Gasteiger partial charge in [0.2, 0.25) is 0 Å². The molecule has 0 atom stereocenters. The molecule has 6 nitrogen and oxygen atoms in total. The predicted octanol–water partition coefficient (Wildman–Crippen LogP) is 5.88. The molecule has 1 saturated heterocycles. The number of hydrogen-bond donors (Lipinski definition) is 1. The second-order valence-electron chi connectivity index (χ2n) is 9.99. The maximum absolute atomic E-state index is 12.0. The van der Waals surface area contributed by atoms with Gasteiger partial charge in [-0.05, 0) is 34.1 Å². The van der Waals surface area contributed by atoms with E-state index in [-0.39, 0.29) is 30.0 Å². The van der Waals surface area contributed by atoms with Crippen molar-refractivity contribution in [2.24, 2.45) is 0 Å². The molecular formula is C24H45NO5. The summed E-state index contributed by atoms with van der Waals surface area (Å²) in [6, 6.07) is 0. The van der Waals surface area contributed by atoms with Crippen LogP contribution in [0, 0.1) is 0 Å². The van der Waals surface area contributed by atoms with Gasteiger partial charge >= 0.3 is 11.9 Å². The molecule has 0 aromatic heterocycles. The first-order valence-corrected chi connectivity index (χ1v) is 11.9. The Bertz CT molecular complexity index is 500. The van der Waals surface area contributed by atoms with Crippen LogP contribution in [0.4, 0.5) is 0 Å². The molecule has 1 rings (SSSR count). The highest BCUT2D eigenvalue weighted by Crippen LogP contribution is 2.40. The van der Waals surface area contributed by atoms with Gasteiger partial charge in [0.05, 0.1) is 19.4 Å². The molecule has 0 radical (unpaired) electrons. The minimum absolute atomic E-state index is 0.0779. The van der Waals surface area contributed by atoms with Gasteiger partial charge in [-0.3, -0.25) is 14.4 Å². The second-order valence-corrected chi connectivity index (χ2v) is 9.99. The molecule has 0 aromatic carbocycles. The van der Waals surface area contributed by atoms with Crippen LogP contribution in [-0.4, -0.2) is 45.9 Å². The van der Waals surface area contributed by atoms with E-state index < -0.39 is 11.9 Å². The van der Waals surface area contributed by atoms with Crippen LogP contribution >= 0.6 is 0 Å². The average Bonchev–Trinajstić information content (AvgIpc) is 2.62. The van der Waals surface area contributed by atoms with E-state index >= 15 is 0 Å². The molecule has 0 aliphatic carbocycles. The van der Waals surface area contributed by atoms with Gasteiger partial charge in [-0.2, -0.15) is 5.06 Å². The van der Waals surface area contributed by atoms with Gasteiger partial charge in [-0.25, -0.2) is 0 Å². The van der Waals surface area contributed by atoms with Gasteiger partial charge in [-0.15, -0.1) is 0 Å². The number of esters is 1. The van der Waals surface area contributed by atoms with Gasteiger partial charge in [0.15, 0.2) is 0 Å².